The van der Waals surface area contributed by atoms with Crippen molar-refractivity contribution in [3.8, 4) is 5.75 Å². The van der Waals surface area contributed by atoms with Gasteiger partial charge in [-0.3, -0.25) is 0 Å². The lowest BCUT2D eigenvalue weighted by Crippen LogP contribution is -2.46. The Labute approximate surface area is 122 Å². The van der Waals surface area contributed by atoms with Gasteiger partial charge in [0.15, 0.2) is 0 Å². The molecule has 1 rings (SSSR count). The fraction of sp³-hybridized carbons (Fsp3) is 0.500. The third-order valence-corrected chi connectivity index (χ3v) is 3.64. The van der Waals surface area contributed by atoms with Gasteiger partial charge in [-0.1, -0.05) is 15.9 Å². The Morgan fingerprint density at radius 3 is 2.53 bits per heavy atom. The lowest BCUT2D eigenvalue weighted by atomic mass is 10.1. The number of hydrogen-bond acceptors (Lipinski definition) is 2. The van der Waals surface area contributed by atoms with E-state index in [1.807, 2.05) is 45.9 Å². The molecule has 5 heteroatoms. The number of amides is 1. The van der Waals surface area contributed by atoms with Gasteiger partial charge in [0.2, 0.25) is 0 Å². The maximum Gasteiger partial charge on any atom is 0.407 e. The normalized spacial score (nSPS) is 11.2. The quantitative estimate of drug-likeness (QED) is 0.910. The molecule has 0 fully saturated rings. The van der Waals surface area contributed by atoms with Crippen LogP contribution in [0.3, 0.4) is 0 Å². The Bertz CT molecular complexity index is 454. The number of carbonyl (C=O) groups is 1. The SMILES string of the molecule is Cc1cc(OCCN(C(=O)O)C(C)(C)C)ccc1Br. The van der Waals surface area contributed by atoms with Gasteiger partial charge in [-0.15, -0.1) is 0 Å². The highest BCUT2D eigenvalue weighted by Gasteiger charge is 2.25. The van der Waals surface area contributed by atoms with Crippen LogP contribution in [0.25, 0.3) is 0 Å². The molecule has 0 atom stereocenters. The predicted octanol–water partition coefficient (Wildman–Crippen LogP) is 3.91. The van der Waals surface area contributed by atoms with Crippen LogP contribution in [-0.4, -0.2) is 34.8 Å². The van der Waals surface area contributed by atoms with Gasteiger partial charge in [0, 0.05) is 10.0 Å². The number of ether oxygens (including phenoxy) is 1. The van der Waals surface area contributed by atoms with Gasteiger partial charge in [0.05, 0.1) is 6.54 Å². The highest BCUT2D eigenvalue weighted by molar-refractivity contribution is 9.10. The minimum absolute atomic E-state index is 0.338. The molecule has 19 heavy (non-hydrogen) atoms. The molecule has 0 heterocycles. The molecular formula is C14H20BrNO3. The molecule has 0 aliphatic heterocycles. The molecule has 0 aromatic heterocycles. The van der Waals surface area contributed by atoms with Crippen molar-refractivity contribution in [3.63, 3.8) is 0 Å². The molecular weight excluding hydrogens is 310 g/mol. The van der Waals surface area contributed by atoms with Crippen molar-refractivity contribution in [1.29, 1.82) is 0 Å². The van der Waals surface area contributed by atoms with Crippen LogP contribution in [0.15, 0.2) is 22.7 Å². The first-order chi connectivity index (χ1) is 8.71. The zero-order valence-corrected chi connectivity index (χ0v) is 13.3. The number of aryl methyl sites for hydroxylation is 1. The number of hydrogen-bond donors (Lipinski definition) is 1. The molecule has 1 aromatic rings. The molecule has 0 spiro atoms. The molecule has 0 saturated carbocycles. The second-order valence-corrected chi connectivity index (χ2v) is 6.22. The first-order valence-corrected chi connectivity index (χ1v) is 6.90. The van der Waals surface area contributed by atoms with Crippen molar-refractivity contribution in [2.45, 2.75) is 33.2 Å². The van der Waals surface area contributed by atoms with Crippen molar-refractivity contribution in [2.24, 2.45) is 0 Å². The molecule has 0 saturated heterocycles. The molecule has 0 aliphatic carbocycles. The molecule has 0 aliphatic rings. The minimum Gasteiger partial charge on any atom is -0.492 e. The summed E-state index contributed by atoms with van der Waals surface area (Å²) in [6.45, 7) is 8.26. The maximum atomic E-state index is 11.2. The average Bonchev–Trinajstić information content (AvgIpc) is 2.26. The third-order valence-electron chi connectivity index (χ3n) is 2.75. The van der Waals surface area contributed by atoms with E-state index in [0.29, 0.717) is 13.2 Å². The van der Waals surface area contributed by atoms with E-state index in [0.717, 1.165) is 15.8 Å². The van der Waals surface area contributed by atoms with E-state index in [1.54, 1.807) is 0 Å². The fourth-order valence-corrected chi connectivity index (χ4v) is 1.93. The summed E-state index contributed by atoms with van der Waals surface area (Å²) in [7, 11) is 0. The highest BCUT2D eigenvalue weighted by Crippen LogP contribution is 2.21. The zero-order valence-electron chi connectivity index (χ0n) is 11.7. The topological polar surface area (TPSA) is 49.8 Å². The molecule has 0 bridgehead atoms. The summed E-state index contributed by atoms with van der Waals surface area (Å²) in [4.78, 5) is 12.5. The van der Waals surface area contributed by atoms with E-state index in [2.05, 4.69) is 15.9 Å². The van der Waals surface area contributed by atoms with Crippen molar-refractivity contribution < 1.29 is 14.6 Å². The average molecular weight is 330 g/mol. The molecule has 4 nitrogen and oxygen atoms in total. The second-order valence-electron chi connectivity index (χ2n) is 5.36. The first kappa shape index (κ1) is 15.8. The lowest BCUT2D eigenvalue weighted by Gasteiger charge is -2.32. The van der Waals surface area contributed by atoms with Gasteiger partial charge in [-0.2, -0.15) is 0 Å². The number of halogens is 1. The Morgan fingerprint density at radius 1 is 1.42 bits per heavy atom. The van der Waals surface area contributed by atoms with Gasteiger partial charge in [-0.25, -0.2) is 4.79 Å². The van der Waals surface area contributed by atoms with Crippen molar-refractivity contribution in [1.82, 2.24) is 4.90 Å². The van der Waals surface area contributed by atoms with Crippen LogP contribution in [0.5, 0.6) is 5.75 Å². The second kappa shape index (κ2) is 6.28. The molecule has 1 N–H and O–H groups in total. The van der Waals surface area contributed by atoms with E-state index in [-0.39, 0.29) is 0 Å². The van der Waals surface area contributed by atoms with Gasteiger partial charge >= 0.3 is 6.09 Å². The summed E-state index contributed by atoms with van der Waals surface area (Å²) in [6, 6.07) is 5.70. The summed E-state index contributed by atoms with van der Waals surface area (Å²) >= 11 is 3.42. The van der Waals surface area contributed by atoms with Crippen LogP contribution in [-0.2, 0) is 0 Å². The summed E-state index contributed by atoms with van der Waals surface area (Å²) < 4.78 is 6.62. The van der Waals surface area contributed by atoms with Crippen LogP contribution in [0.2, 0.25) is 0 Å². The van der Waals surface area contributed by atoms with E-state index < -0.39 is 11.6 Å². The Balaban J connectivity index is 2.57. The molecule has 0 radical (unpaired) electrons. The van der Waals surface area contributed by atoms with Crippen molar-refractivity contribution >= 4 is 22.0 Å². The first-order valence-electron chi connectivity index (χ1n) is 6.11. The van der Waals surface area contributed by atoms with E-state index in [9.17, 15) is 4.79 Å². The molecule has 1 amide bonds. The van der Waals surface area contributed by atoms with Gasteiger partial charge < -0.3 is 14.7 Å². The summed E-state index contributed by atoms with van der Waals surface area (Å²) in [6.07, 6.45) is -0.928. The van der Waals surface area contributed by atoms with Crippen LogP contribution >= 0.6 is 15.9 Å². The Kier molecular flexibility index (Phi) is 5.23. The van der Waals surface area contributed by atoms with Gasteiger partial charge in [0.25, 0.3) is 0 Å². The maximum absolute atomic E-state index is 11.2. The zero-order chi connectivity index (χ0) is 14.6. The van der Waals surface area contributed by atoms with Crippen LogP contribution in [0.4, 0.5) is 4.79 Å². The number of carboxylic acid groups (broad SMARTS) is 1. The number of rotatable bonds is 4. The van der Waals surface area contributed by atoms with Crippen LogP contribution < -0.4 is 4.74 Å². The molecule has 106 valence electrons. The molecule has 1 aromatic carbocycles. The van der Waals surface area contributed by atoms with Crippen molar-refractivity contribution in [2.75, 3.05) is 13.2 Å². The Hall–Kier alpha value is -1.23. The highest BCUT2D eigenvalue weighted by atomic mass is 79.9. The Morgan fingerprint density at radius 2 is 2.05 bits per heavy atom. The van der Waals surface area contributed by atoms with Crippen LogP contribution in [0, 0.1) is 6.92 Å². The van der Waals surface area contributed by atoms with Gasteiger partial charge in [0.1, 0.15) is 12.4 Å². The summed E-state index contributed by atoms with van der Waals surface area (Å²) in [5.41, 5.74) is 0.661. The number of benzene rings is 1. The third kappa shape index (κ3) is 4.74. The smallest absolute Gasteiger partial charge is 0.407 e. The van der Waals surface area contributed by atoms with E-state index >= 15 is 0 Å². The van der Waals surface area contributed by atoms with E-state index in [4.69, 9.17) is 9.84 Å². The van der Waals surface area contributed by atoms with Crippen LogP contribution in [0.1, 0.15) is 26.3 Å². The monoisotopic (exact) mass is 329 g/mol. The van der Waals surface area contributed by atoms with Gasteiger partial charge in [-0.05, 0) is 51.5 Å². The summed E-state index contributed by atoms with van der Waals surface area (Å²) in [5, 5.41) is 9.15. The van der Waals surface area contributed by atoms with Crippen molar-refractivity contribution in [3.05, 3.63) is 28.2 Å². The number of nitrogens with zero attached hydrogens (tertiary/aromatic N) is 1. The lowest BCUT2D eigenvalue weighted by molar-refractivity contribution is 0.0892. The standard InChI is InChI=1S/C14H20BrNO3/c1-10-9-11(5-6-12(10)15)19-8-7-16(13(17)18)14(2,3)4/h5-6,9H,7-8H2,1-4H3,(H,17,18). The minimum atomic E-state index is -0.928. The van der Waals surface area contributed by atoms with E-state index in [1.165, 1.54) is 4.90 Å². The predicted molar refractivity (Wildman–Crippen MR) is 78.9 cm³/mol. The largest absolute Gasteiger partial charge is 0.492 e. The molecule has 0 unspecified atom stereocenters. The summed E-state index contributed by atoms with van der Waals surface area (Å²) in [5.74, 6) is 0.750. The fourth-order valence-electron chi connectivity index (χ4n) is 1.68.